The number of hydrogen-bond acceptors (Lipinski definition) is 2. The molecule has 0 atom stereocenters. The van der Waals surface area contributed by atoms with E-state index in [1.165, 1.54) is 22.8 Å². The van der Waals surface area contributed by atoms with Crippen molar-refractivity contribution in [3.05, 3.63) is 42.0 Å². The quantitative estimate of drug-likeness (QED) is 0.654. The summed E-state index contributed by atoms with van der Waals surface area (Å²) in [6.45, 7) is 3.90. The second-order valence-electron chi connectivity index (χ2n) is 5.04. The second-order valence-corrected chi connectivity index (χ2v) is 5.04. The maximum atomic E-state index is 5.52. The Kier molecular flexibility index (Phi) is 5.87. The van der Waals surface area contributed by atoms with E-state index in [0.29, 0.717) is 0 Å². The van der Waals surface area contributed by atoms with E-state index < -0.39 is 0 Å². The molecule has 0 bridgehead atoms. The molecule has 0 aliphatic rings. The third-order valence-electron chi connectivity index (χ3n) is 3.53. The number of ether oxygens (including phenoxy) is 2. The number of benzene rings is 2. The van der Waals surface area contributed by atoms with Crippen LogP contribution >= 0.6 is 0 Å². The molecule has 0 heterocycles. The van der Waals surface area contributed by atoms with E-state index in [2.05, 4.69) is 43.3 Å². The lowest BCUT2D eigenvalue weighted by atomic mass is 9.99. The Morgan fingerprint density at radius 3 is 2.45 bits per heavy atom. The van der Waals surface area contributed by atoms with Crippen molar-refractivity contribution in [2.24, 2.45) is 0 Å². The number of rotatable bonds is 8. The molecule has 0 spiro atoms. The zero-order chi connectivity index (χ0) is 14.2. The standard InChI is InChI=1S/C18H24O2/c1-3-13-20-14-7-6-8-15-11-12-18(19-2)17-10-5-4-9-16(15)17/h4-5,9-12H,3,6-8,13-14H2,1-2H3. The molecule has 0 aliphatic carbocycles. The van der Waals surface area contributed by atoms with Gasteiger partial charge in [-0.05, 0) is 42.7 Å². The molecule has 0 fully saturated rings. The predicted octanol–water partition coefficient (Wildman–Crippen LogP) is 4.60. The highest BCUT2D eigenvalue weighted by atomic mass is 16.5. The molecule has 108 valence electrons. The van der Waals surface area contributed by atoms with Crippen LogP contribution in [0.2, 0.25) is 0 Å². The van der Waals surface area contributed by atoms with Gasteiger partial charge in [0.1, 0.15) is 5.75 Å². The lowest BCUT2D eigenvalue weighted by molar-refractivity contribution is 0.131. The van der Waals surface area contributed by atoms with Crippen molar-refractivity contribution in [2.45, 2.75) is 32.6 Å². The van der Waals surface area contributed by atoms with Crippen LogP contribution < -0.4 is 4.74 Å². The molecular weight excluding hydrogens is 248 g/mol. The van der Waals surface area contributed by atoms with Crippen LogP contribution in [0.25, 0.3) is 10.8 Å². The van der Waals surface area contributed by atoms with Gasteiger partial charge in [-0.25, -0.2) is 0 Å². The molecule has 0 aromatic heterocycles. The molecule has 0 radical (unpaired) electrons. The monoisotopic (exact) mass is 272 g/mol. The van der Waals surface area contributed by atoms with Gasteiger partial charge in [-0.15, -0.1) is 0 Å². The molecule has 20 heavy (non-hydrogen) atoms. The van der Waals surface area contributed by atoms with Gasteiger partial charge in [-0.1, -0.05) is 37.3 Å². The summed E-state index contributed by atoms with van der Waals surface area (Å²) in [5, 5.41) is 2.51. The minimum absolute atomic E-state index is 0.877. The fourth-order valence-corrected chi connectivity index (χ4v) is 2.50. The Morgan fingerprint density at radius 2 is 1.70 bits per heavy atom. The Hall–Kier alpha value is -1.54. The van der Waals surface area contributed by atoms with Gasteiger partial charge in [0.2, 0.25) is 0 Å². The summed E-state index contributed by atoms with van der Waals surface area (Å²) in [7, 11) is 1.73. The van der Waals surface area contributed by atoms with Crippen molar-refractivity contribution in [1.29, 1.82) is 0 Å². The highest BCUT2D eigenvalue weighted by Crippen LogP contribution is 2.29. The number of unbranched alkanes of at least 4 members (excludes halogenated alkanes) is 1. The van der Waals surface area contributed by atoms with Gasteiger partial charge in [0.05, 0.1) is 7.11 Å². The molecule has 2 rings (SSSR count). The lowest BCUT2D eigenvalue weighted by Crippen LogP contribution is -1.97. The normalized spacial score (nSPS) is 10.9. The van der Waals surface area contributed by atoms with E-state index in [1.807, 2.05) is 0 Å². The molecule has 0 aliphatic heterocycles. The van der Waals surface area contributed by atoms with Crippen molar-refractivity contribution in [2.75, 3.05) is 20.3 Å². The van der Waals surface area contributed by atoms with E-state index >= 15 is 0 Å². The molecule has 2 aromatic carbocycles. The molecule has 0 amide bonds. The molecule has 0 saturated carbocycles. The van der Waals surface area contributed by atoms with Crippen LogP contribution in [0.1, 0.15) is 31.7 Å². The average molecular weight is 272 g/mol. The number of aryl methyl sites for hydroxylation is 1. The first-order valence-electron chi connectivity index (χ1n) is 7.49. The summed E-state index contributed by atoms with van der Waals surface area (Å²) in [5.41, 5.74) is 1.40. The topological polar surface area (TPSA) is 18.5 Å². The maximum absolute atomic E-state index is 5.52. The summed E-state index contributed by atoms with van der Waals surface area (Å²) in [6, 6.07) is 12.7. The molecule has 0 saturated heterocycles. The third-order valence-corrected chi connectivity index (χ3v) is 3.53. The first kappa shape index (κ1) is 14.9. The Morgan fingerprint density at radius 1 is 0.900 bits per heavy atom. The van der Waals surface area contributed by atoms with Gasteiger partial charge in [0.15, 0.2) is 0 Å². The highest BCUT2D eigenvalue weighted by molar-refractivity contribution is 5.91. The van der Waals surface area contributed by atoms with Gasteiger partial charge in [0.25, 0.3) is 0 Å². The van der Waals surface area contributed by atoms with E-state index in [9.17, 15) is 0 Å². The smallest absolute Gasteiger partial charge is 0.126 e. The highest BCUT2D eigenvalue weighted by Gasteiger charge is 2.05. The fraction of sp³-hybridized carbons (Fsp3) is 0.444. The molecule has 2 heteroatoms. The molecular formula is C18H24O2. The van der Waals surface area contributed by atoms with Gasteiger partial charge < -0.3 is 9.47 Å². The Bertz CT molecular complexity index is 534. The van der Waals surface area contributed by atoms with Crippen molar-refractivity contribution >= 4 is 10.8 Å². The molecule has 0 unspecified atom stereocenters. The van der Waals surface area contributed by atoms with Gasteiger partial charge >= 0.3 is 0 Å². The average Bonchev–Trinajstić information content (AvgIpc) is 2.50. The number of methoxy groups -OCH3 is 1. The second kappa shape index (κ2) is 7.91. The number of hydrogen-bond donors (Lipinski definition) is 0. The van der Waals surface area contributed by atoms with Gasteiger partial charge in [-0.2, -0.15) is 0 Å². The van der Waals surface area contributed by atoms with Crippen molar-refractivity contribution in [1.82, 2.24) is 0 Å². The van der Waals surface area contributed by atoms with E-state index in [0.717, 1.165) is 38.2 Å². The van der Waals surface area contributed by atoms with E-state index in [-0.39, 0.29) is 0 Å². The zero-order valence-electron chi connectivity index (χ0n) is 12.5. The van der Waals surface area contributed by atoms with Crippen LogP contribution in [0.4, 0.5) is 0 Å². The number of fused-ring (bicyclic) bond motifs is 1. The van der Waals surface area contributed by atoms with Crippen LogP contribution in [-0.2, 0) is 11.2 Å². The Labute approximate surface area is 121 Å². The van der Waals surface area contributed by atoms with Crippen LogP contribution in [0.15, 0.2) is 36.4 Å². The SMILES string of the molecule is CCCOCCCCc1ccc(OC)c2ccccc12. The predicted molar refractivity (Wildman–Crippen MR) is 84.5 cm³/mol. The first-order valence-corrected chi connectivity index (χ1v) is 7.49. The minimum Gasteiger partial charge on any atom is -0.496 e. The third kappa shape index (κ3) is 3.73. The van der Waals surface area contributed by atoms with Crippen LogP contribution in [0, 0.1) is 0 Å². The summed E-state index contributed by atoms with van der Waals surface area (Å²) >= 11 is 0. The zero-order valence-corrected chi connectivity index (χ0v) is 12.5. The summed E-state index contributed by atoms with van der Waals surface area (Å²) in [5.74, 6) is 0.954. The summed E-state index contributed by atoms with van der Waals surface area (Å²) in [6.07, 6.45) is 4.49. The van der Waals surface area contributed by atoms with Gasteiger partial charge in [-0.3, -0.25) is 0 Å². The van der Waals surface area contributed by atoms with Crippen molar-refractivity contribution in [3.8, 4) is 5.75 Å². The fourth-order valence-electron chi connectivity index (χ4n) is 2.50. The largest absolute Gasteiger partial charge is 0.496 e. The molecule has 2 aromatic rings. The van der Waals surface area contributed by atoms with E-state index in [4.69, 9.17) is 9.47 Å². The Balaban J connectivity index is 2.00. The first-order chi connectivity index (χ1) is 9.86. The van der Waals surface area contributed by atoms with Crippen LogP contribution in [0.5, 0.6) is 5.75 Å². The lowest BCUT2D eigenvalue weighted by Gasteiger charge is -2.10. The molecule has 2 nitrogen and oxygen atoms in total. The van der Waals surface area contributed by atoms with Crippen molar-refractivity contribution < 1.29 is 9.47 Å². The van der Waals surface area contributed by atoms with Gasteiger partial charge in [0, 0.05) is 18.6 Å². The van der Waals surface area contributed by atoms with Crippen molar-refractivity contribution in [3.63, 3.8) is 0 Å². The van der Waals surface area contributed by atoms with Crippen LogP contribution in [-0.4, -0.2) is 20.3 Å². The maximum Gasteiger partial charge on any atom is 0.126 e. The summed E-state index contributed by atoms with van der Waals surface area (Å²) in [4.78, 5) is 0. The van der Waals surface area contributed by atoms with E-state index in [1.54, 1.807) is 7.11 Å². The van der Waals surface area contributed by atoms with Crippen LogP contribution in [0.3, 0.4) is 0 Å². The summed E-state index contributed by atoms with van der Waals surface area (Å²) < 4.78 is 11.0. The molecule has 0 N–H and O–H groups in total. The minimum atomic E-state index is 0.877.